The molecule has 0 saturated carbocycles. The van der Waals surface area contributed by atoms with E-state index in [9.17, 15) is 14.0 Å². The second kappa shape index (κ2) is 7.57. The number of hydrogen-bond acceptors (Lipinski definition) is 8. The number of nitrogens with zero attached hydrogens (tertiary/aromatic N) is 4. The summed E-state index contributed by atoms with van der Waals surface area (Å²) in [4.78, 5) is 36.0. The molecule has 5 rings (SSSR count). The average Bonchev–Trinajstić information content (AvgIpc) is 3.43. The van der Waals surface area contributed by atoms with Crippen LogP contribution in [0.1, 0.15) is 27.1 Å². The van der Waals surface area contributed by atoms with Crippen LogP contribution in [-0.2, 0) is 0 Å². The van der Waals surface area contributed by atoms with Crippen molar-refractivity contribution in [3.05, 3.63) is 80.9 Å². The van der Waals surface area contributed by atoms with Crippen LogP contribution in [0.15, 0.2) is 51.7 Å². The van der Waals surface area contributed by atoms with Crippen molar-refractivity contribution in [2.45, 2.75) is 13.8 Å². The summed E-state index contributed by atoms with van der Waals surface area (Å²) in [5.41, 5.74) is 2.60. The monoisotopic (exact) mass is 447 g/mol. The highest BCUT2D eigenvalue weighted by molar-refractivity contribution is 7.20. The lowest BCUT2D eigenvalue weighted by Gasteiger charge is -2.01. The van der Waals surface area contributed by atoms with Gasteiger partial charge in [0.25, 0.3) is 23.1 Å². The van der Waals surface area contributed by atoms with E-state index < -0.39 is 5.78 Å². The van der Waals surface area contributed by atoms with E-state index in [1.165, 1.54) is 23.5 Å². The van der Waals surface area contributed by atoms with E-state index in [0.29, 0.717) is 16.9 Å². The Morgan fingerprint density at radius 1 is 1.03 bits per heavy atom. The van der Waals surface area contributed by atoms with Crippen molar-refractivity contribution in [1.82, 2.24) is 25.1 Å². The number of H-pyrrole nitrogens is 1. The van der Waals surface area contributed by atoms with Crippen molar-refractivity contribution in [3.8, 4) is 22.7 Å². The molecular formula is C22H14FN5O3S. The number of benzene rings is 2. The standard InChI is InChI=1S/C22H14FN5O3S/c1-10-17(24-11(2)25-19(10)30)20-27-28-21(31-20)18(29)22-26-15-8-5-13(9-16(15)32-22)12-3-6-14(23)7-4-12/h3-9H,1-2H3,(H,24,25,30). The lowest BCUT2D eigenvalue weighted by Crippen LogP contribution is -2.14. The highest BCUT2D eigenvalue weighted by Gasteiger charge is 2.23. The van der Waals surface area contributed by atoms with Gasteiger partial charge in [-0.25, -0.2) is 14.4 Å². The van der Waals surface area contributed by atoms with Crippen molar-refractivity contribution < 1.29 is 13.6 Å². The Bertz CT molecular complexity index is 1550. The molecule has 0 aliphatic rings. The summed E-state index contributed by atoms with van der Waals surface area (Å²) in [6, 6.07) is 11.7. The van der Waals surface area contributed by atoms with E-state index in [4.69, 9.17) is 4.42 Å². The smallest absolute Gasteiger partial charge is 0.292 e. The third-order valence-corrected chi connectivity index (χ3v) is 5.87. The number of ketones is 1. The Hall–Kier alpha value is -4.05. The van der Waals surface area contributed by atoms with E-state index in [2.05, 4.69) is 25.1 Å². The molecule has 0 atom stereocenters. The molecular weight excluding hydrogens is 433 g/mol. The Morgan fingerprint density at radius 2 is 1.78 bits per heavy atom. The number of halogens is 1. The van der Waals surface area contributed by atoms with Gasteiger partial charge >= 0.3 is 0 Å². The number of nitrogens with one attached hydrogen (secondary N) is 1. The number of fused-ring (bicyclic) bond motifs is 1. The van der Waals surface area contributed by atoms with Gasteiger partial charge in [0.2, 0.25) is 0 Å². The van der Waals surface area contributed by atoms with Crippen molar-refractivity contribution in [2.24, 2.45) is 0 Å². The number of aromatic nitrogens is 5. The van der Waals surface area contributed by atoms with Gasteiger partial charge in [0.05, 0.1) is 10.2 Å². The molecule has 1 N–H and O–H groups in total. The summed E-state index contributed by atoms with van der Waals surface area (Å²) in [5, 5.41) is 7.90. The first kappa shape index (κ1) is 19.9. The van der Waals surface area contributed by atoms with Gasteiger partial charge in [0, 0.05) is 5.56 Å². The van der Waals surface area contributed by atoms with Crippen molar-refractivity contribution in [2.75, 3.05) is 0 Å². The third kappa shape index (κ3) is 3.50. The zero-order valence-electron chi connectivity index (χ0n) is 16.8. The van der Waals surface area contributed by atoms with Gasteiger partial charge in [-0.1, -0.05) is 18.2 Å². The fourth-order valence-corrected chi connectivity index (χ4v) is 4.14. The van der Waals surface area contributed by atoms with Crippen LogP contribution in [0.3, 0.4) is 0 Å². The molecule has 0 saturated heterocycles. The van der Waals surface area contributed by atoms with Gasteiger partial charge in [-0.2, -0.15) is 0 Å². The zero-order chi connectivity index (χ0) is 22.4. The predicted octanol–water partition coefficient (Wildman–Crippen LogP) is 4.08. The maximum absolute atomic E-state index is 13.2. The molecule has 0 aliphatic heterocycles. The van der Waals surface area contributed by atoms with Crippen LogP contribution in [0.25, 0.3) is 32.9 Å². The van der Waals surface area contributed by atoms with Crippen LogP contribution in [-0.4, -0.2) is 30.9 Å². The Labute approximate surface area is 183 Å². The lowest BCUT2D eigenvalue weighted by molar-refractivity contribution is 0.100. The fourth-order valence-electron chi connectivity index (χ4n) is 3.20. The molecule has 5 aromatic rings. The predicted molar refractivity (Wildman–Crippen MR) is 116 cm³/mol. The van der Waals surface area contributed by atoms with E-state index in [-0.39, 0.29) is 33.9 Å². The summed E-state index contributed by atoms with van der Waals surface area (Å²) in [6.45, 7) is 3.21. The van der Waals surface area contributed by atoms with E-state index in [1.807, 2.05) is 12.1 Å². The Kier molecular flexibility index (Phi) is 4.71. The quantitative estimate of drug-likeness (QED) is 0.413. The highest BCUT2D eigenvalue weighted by Crippen LogP contribution is 2.29. The van der Waals surface area contributed by atoms with Gasteiger partial charge in [0.15, 0.2) is 5.01 Å². The minimum Gasteiger partial charge on any atom is -0.412 e. The molecule has 0 bridgehead atoms. The molecule has 32 heavy (non-hydrogen) atoms. The first-order chi connectivity index (χ1) is 15.4. The van der Waals surface area contributed by atoms with Gasteiger partial charge < -0.3 is 9.40 Å². The molecule has 0 spiro atoms. The second-order valence-electron chi connectivity index (χ2n) is 7.07. The highest BCUT2D eigenvalue weighted by atomic mass is 32.1. The normalized spacial score (nSPS) is 11.2. The minimum absolute atomic E-state index is 0.0141. The topological polar surface area (TPSA) is 115 Å². The van der Waals surface area contributed by atoms with Crippen LogP contribution in [0.4, 0.5) is 4.39 Å². The van der Waals surface area contributed by atoms with Gasteiger partial charge in [-0.15, -0.1) is 21.5 Å². The number of aryl methyl sites for hydroxylation is 1. The first-order valence-electron chi connectivity index (χ1n) is 9.51. The largest absolute Gasteiger partial charge is 0.412 e. The average molecular weight is 447 g/mol. The molecule has 0 fully saturated rings. The molecule has 0 aliphatic carbocycles. The molecule has 2 aromatic carbocycles. The van der Waals surface area contributed by atoms with Crippen LogP contribution >= 0.6 is 11.3 Å². The third-order valence-electron chi connectivity index (χ3n) is 4.85. The second-order valence-corrected chi connectivity index (χ2v) is 8.11. The number of carbonyl (C=O) groups is 1. The van der Waals surface area contributed by atoms with E-state index in [1.54, 1.807) is 32.0 Å². The van der Waals surface area contributed by atoms with Crippen molar-refractivity contribution in [3.63, 3.8) is 0 Å². The molecule has 0 radical (unpaired) electrons. The summed E-state index contributed by atoms with van der Waals surface area (Å²) in [7, 11) is 0. The van der Waals surface area contributed by atoms with Crippen LogP contribution in [0.2, 0.25) is 0 Å². The molecule has 3 aromatic heterocycles. The number of rotatable bonds is 4. The summed E-state index contributed by atoms with van der Waals surface area (Å²) in [5.74, 6) is -0.686. The Balaban J connectivity index is 1.48. The maximum Gasteiger partial charge on any atom is 0.292 e. The number of hydrogen-bond donors (Lipinski definition) is 1. The van der Waals surface area contributed by atoms with Gasteiger partial charge in [0.1, 0.15) is 17.3 Å². The SMILES string of the molecule is Cc1nc(-c2nnc(C(=O)c3nc4ccc(-c5ccc(F)cc5)cc4s3)o2)c(C)c(=O)[nH]1. The summed E-state index contributed by atoms with van der Waals surface area (Å²) in [6.07, 6.45) is 0. The molecule has 0 amide bonds. The van der Waals surface area contributed by atoms with E-state index >= 15 is 0 Å². The number of thiazole rings is 1. The van der Waals surface area contributed by atoms with E-state index in [0.717, 1.165) is 15.8 Å². The summed E-state index contributed by atoms with van der Waals surface area (Å²) < 4.78 is 19.5. The molecule has 0 unspecified atom stereocenters. The van der Waals surface area contributed by atoms with Gasteiger partial charge in [-0.3, -0.25) is 9.59 Å². The lowest BCUT2D eigenvalue weighted by atomic mass is 10.1. The molecule has 158 valence electrons. The van der Waals surface area contributed by atoms with Gasteiger partial charge in [-0.05, 0) is 49.2 Å². The van der Waals surface area contributed by atoms with Crippen LogP contribution in [0, 0.1) is 19.7 Å². The van der Waals surface area contributed by atoms with Crippen LogP contribution in [0.5, 0.6) is 0 Å². The molecule has 3 heterocycles. The molecule has 8 nitrogen and oxygen atoms in total. The number of carbonyl (C=O) groups excluding carboxylic acids is 1. The minimum atomic E-state index is -0.521. The van der Waals surface area contributed by atoms with Crippen LogP contribution < -0.4 is 5.56 Å². The Morgan fingerprint density at radius 3 is 2.56 bits per heavy atom. The van der Waals surface area contributed by atoms with Crippen molar-refractivity contribution in [1.29, 1.82) is 0 Å². The molecule has 10 heteroatoms. The maximum atomic E-state index is 13.2. The van der Waals surface area contributed by atoms with Crippen molar-refractivity contribution >= 4 is 27.3 Å². The zero-order valence-corrected chi connectivity index (χ0v) is 17.7. The summed E-state index contributed by atoms with van der Waals surface area (Å²) >= 11 is 1.19. The first-order valence-corrected chi connectivity index (χ1v) is 10.3. The number of aromatic amines is 1. The fraction of sp³-hybridized carbons (Fsp3) is 0.0909.